The van der Waals surface area contributed by atoms with Crippen LogP contribution in [0, 0.1) is 0 Å². The molecule has 1 atom stereocenters. The smallest absolute Gasteiger partial charge is 0.247 e. The minimum Gasteiger partial charge on any atom is -0.378 e. The first-order valence-corrected chi connectivity index (χ1v) is 9.55. The van der Waals surface area contributed by atoms with E-state index >= 15 is 0 Å². The topological polar surface area (TPSA) is 167 Å². The lowest BCUT2D eigenvalue weighted by Gasteiger charge is -2.12. The summed E-state index contributed by atoms with van der Waals surface area (Å²) in [4.78, 5) is 23.0. The van der Waals surface area contributed by atoms with Crippen LogP contribution >= 0.6 is 0 Å². The van der Waals surface area contributed by atoms with E-state index in [4.69, 9.17) is 30.4 Å². The number of ether oxygens (including phenoxy) is 4. The van der Waals surface area contributed by atoms with Gasteiger partial charge in [0.1, 0.15) is 19.4 Å². The molecule has 0 rings (SSSR count). The minimum atomic E-state index is -0.884. The normalized spacial score (nSPS) is 12.0. The van der Waals surface area contributed by atoms with Crippen LogP contribution in [0.4, 0.5) is 0 Å². The number of carbonyl (C=O) groups excluding carboxylic acids is 2. The zero-order valence-electron chi connectivity index (χ0n) is 16.5. The van der Waals surface area contributed by atoms with Crippen molar-refractivity contribution in [2.75, 3.05) is 72.5 Å². The van der Waals surface area contributed by atoms with Crippen LogP contribution in [0.5, 0.6) is 0 Å². The van der Waals surface area contributed by atoms with Gasteiger partial charge in [0.25, 0.3) is 0 Å². The van der Waals surface area contributed by atoms with Crippen LogP contribution < -0.4 is 22.1 Å². The number of rotatable bonds is 20. The first-order chi connectivity index (χ1) is 13.6. The Balaban J connectivity index is 3.36. The molecule has 0 aliphatic rings. The first-order valence-electron chi connectivity index (χ1n) is 9.55. The van der Waals surface area contributed by atoms with Gasteiger partial charge in [-0.3, -0.25) is 9.59 Å². The van der Waals surface area contributed by atoms with E-state index in [-0.39, 0.29) is 38.2 Å². The third-order valence-corrected chi connectivity index (χ3v) is 3.30. The summed E-state index contributed by atoms with van der Waals surface area (Å²) in [7, 11) is 0. The molecule has 11 heteroatoms. The Morgan fingerprint density at radius 3 is 2.04 bits per heavy atom. The fourth-order valence-corrected chi connectivity index (χ4v) is 1.95. The van der Waals surface area contributed by atoms with Gasteiger partial charge in [-0.15, -0.1) is 0 Å². The molecule has 0 saturated carbocycles. The molecular formula is C17H36N4O7. The maximum absolute atomic E-state index is 11.5. The van der Waals surface area contributed by atoms with Crippen molar-refractivity contribution in [2.24, 2.45) is 11.5 Å². The van der Waals surface area contributed by atoms with Crippen molar-refractivity contribution in [1.29, 1.82) is 0 Å². The molecular weight excluding hydrogens is 372 g/mol. The summed E-state index contributed by atoms with van der Waals surface area (Å²) in [5.74, 6) is -0.624. The van der Waals surface area contributed by atoms with Crippen LogP contribution in [0.15, 0.2) is 0 Å². The van der Waals surface area contributed by atoms with Crippen LogP contribution in [0.3, 0.4) is 0 Å². The van der Waals surface area contributed by atoms with Gasteiger partial charge in [0.15, 0.2) is 0 Å². The Hall–Kier alpha value is -1.34. The van der Waals surface area contributed by atoms with Gasteiger partial charge < -0.3 is 46.2 Å². The number of nitrogens with one attached hydrogen (secondary N) is 2. The molecule has 0 radical (unpaired) electrons. The summed E-state index contributed by atoms with van der Waals surface area (Å²) < 4.78 is 20.7. The lowest BCUT2D eigenvalue weighted by Crippen LogP contribution is -2.37. The van der Waals surface area contributed by atoms with Crippen molar-refractivity contribution in [3.05, 3.63) is 0 Å². The highest BCUT2D eigenvalue weighted by Crippen LogP contribution is 1.97. The Labute approximate surface area is 166 Å². The highest BCUT2D eigenvalue weighted by Gasteiger charge is 2.08. The standard InChI is InChI=1S/C17H36N4O7/c18-4-2-1-3-15(22)21-17(24)14-28-12-10-26-8-6-20-16(23)13-27-11-9-25-7-5-19/h15,22H,1-14,18-19H2,(H,20,23)(H,21,24)/t15-/m0/s1. The van der Waals surface area contributed by atoms with Crippen molar-refractivity contribution < 1.29 is 33.6 Å². The minimum absolute atomic E-state index is 0.0394. The zero-order valence-corrected chi connectivity index (χ0v) is 16.5. The van der Waals surface area contributed by atoms with E-state index in [1.54, 1.807) is 0 Å². The first kappa shape index (κ1) is 26.7. The second-order valence-corrected chi connectivity index (χ2v) is 5.84. The number of hydrogen-bond donors (Lipinski definition) is 5. The van der Waals surface area contributed by atoms with E-state index in [0.717, 1.165) is 12.8 Å². The molecule has 0 aliphatic carbocycles. The van der Waals surface area contributed by atoms with Crippen LogP contribution in [0.1, 0.15) is 19.3 Å². The van der Waals surface area contributed by atoms with E-state index in [1.165, 1.54) is 0 Å². The highest BCUT2D eigenvalue weighted by molar-refractivity contribution is 5.77. The molecule has 0 unspecified atom stereocenters. The van der Waals surface area contributed by atoms with Gasteiger partial charge in [-0.25, -0.2) is 0 Å². The fourth-order valence-electron chi connectivity index (χ4n) is 1.95. The molecule has 0 saturated heterocycles. The van der Waals surface area contributed by atoms with Gasteiger partial charge in [-0.2, -0.15) is 0 Å². The van der Waals surface area contributed by atoms with Gasteiger partial charge >= 0.3 is 0 Å². The van der Waals surface area contributed by atoms with Crippen molar-refractivity contribution in [3.8, 4) is 0 Å². The molecule has 0 bridgehead atoms. The van der Waals surface area contributed by atoms with Gasteiger partial charge in [0.2, 0.25) is 11.8 Å². The second kappa shape index (κ2) is 20.4. The molecule has 2 amide bonds. The quantitative estimate of drug-likeness (QED) is 0.110. The van der Waals surface area contributed by atoms with Crippen molar-refractivity contribution >= 4 is 11.8 Å². The van der Waals surface area contributed by atoms with E-state index in [9.17, 15) is 14.7 Å². The Bertz CT molecular complexity index is 389. The number of carbonyl (C=O) groups is 2. The maximum atomic E-state index is 11.5. The third-order valence-electron chi connectivity index (χ3n) is 3.30. The summed E-state index contributed by atoms with van der Waals surface area (Å²) in [6, 6.07) is 0. The molecule has 11 nitrogen and oxygen atoms in total. The van der Waals surface area contributed by atoms with Gasteiger partial charge in [-0.1, -0.05) is 0 Å². The zero-order chi connectivity index (χ0) is 20.9. The molecule has 0 heterocycles. The SMILES string of the molecule is NCCCC[C@H](O)NC(=O)COCCOCCNC(=O)COCCOCCN. The van der Waals surface area contributed by atoms with E-state index in [2.05, 4.69) is 10.6 Å². The van der Waals surface area contributed by atoms with Crippen molar-refractivity contribution in [2.45, 2.75) is 25.5 Å². The van der Waals surface area contributed by atoms with E-state index < -0.39 is 6.23 Å². The van der Waals surface area contributed by atoms with E-state index in [1.807, 2.05) is 0 Å². The maximum Gasteiger partial charge on any atom is 0.247 e. The summed E-state index contributed by atoms with van der Waals surface area (Å²) in [6.07, 6.45) is 1.13. The molecule has 0 aromatic rings. The van der Waals surface area contributed by atoms with E-state index in [0.29, 0.717) is 52.5 Å². The average Bonchev–Trinajstić information content (AvgIpc) is 2.66. The largest absolute Gasteiger partial charge is 0.378 e. The Kier molecular flexibility index (Phi) is 19.4. The molecule has 0 aliphatic heterocycles. The molecule has 0 aromatic heterocycles. The lowest BCUT2D eigenvalue weighted by molar-refractivity contribution is -0.129. The molecule has 166 valence electrons. The van der Waals surface area contributed by atoms with Crippen LogP contribution in [0.2, 0.25) is 0 Å². The number of amides is 2. The van der Waals surface area contributed by atoms with Crippen LogP contribution in [0.25, 0.3) is 0 Å². The highest BCUT2D eigenvalue weighted by atomic mass is 16.5. The molecule has 28 heavy (non-hydrogen) atoms. The summed E-state index contributed by atoms with van der Waals surface area (Å²) >= 11 is 0. The molecule has 7 N–H and O–H groups in total. The van der Waals surface area contributed by atoms with Gasteiger partial charge in [-0.05, 0) is 25.8 Å². The summed E-state index contributed by atoms with van der Waals surface area (Å²) in [5, 5.41) is 14.7. The monoisotopic (exact) mass is 408 g/mol. The average molecular weight is 408 g/mol. The second-order valence-electron chi connectivity index (χ2n) is 5.84. The van der Waals surface area contributed by atoms with Crippen LogP contribution in [-0.2, 0) is 28.5 Å². The number of unbranched alkanes of at least 4 members (excludes halogenated alkanes) is 1. The van der Waals surface area contributed by atoms with Crippen molar-refractivity contribution in [1.82, 2.24) is 10.6 Å². The number of hydrogen-bond acceptors (Lipinski definition) is 9. The number of aliphatic hydroxyl groups excluding tert-OH is 1. The Morgan fingerprint density at radius 2 is 1.39 bits per heavy atom. The van der Waals surface area contributed by atoms with Crippen molar-refractivity contribution in [3.63, 3.8) is 0 Å². The number of aliphatic hydroxyl groups is 1. The lowest BCUT2D eigenvalue weighted by atomic mass is 10.2. The predicted molar refractivity (Wildman–Crippen MR) is 102 cm³/mol. The molecule has 0 fully saturated rings. The van der Waals surface area contributed by atoms with Gasteiger partial charge in [0, 0.05) is 13.1 Å². The molecule has 0 aromatic carbocycles. The fraction of sp³-hybridized carbons (Fsp3) is 0.882. The van der Waals surface area contributed by atoms with Gasteiger partial charge in [0.05, 0.1) is 39.6 Å². The Morgan fingerprint density at radius 1 is 0.786 bits per heavy atom. The summed E-state index contributed by atoms with van der Waals surface area (Å²) in [6.45, 7) is 3.22. The predicted octanol–water partition coefficient (Wildman–Crippen LogP) is -2.31. The van der Waals surface area contributed by atoms with Crippen LogP contribution in [-0.4, -0.2) is 95.6 Å². The number of nitrogens with two attached hydrogens (primary N) is 2. The third kappa shape index (κ3) is 19.4. The summed E-state index contributed by atoms with van der Waals surface area (Å²) in [5.41, 5.74) is 10.6. The molecule has 0 spiro atoms.